The lowest BCUT2D eigenvalue weighted by molar-refractivity contribution is 0.0963. The Morgan fingerprint density at radius 1 is 1.50 bits per heavy atom. The predicted octanol–water partition coefficient (Wildman–Crippen LogP) is 3.96. The molecule has 1 nitrogen and oxygen atoms in total. The van der Waals surface area contributed by atoms with Crippen LogP contribution in [0.1, 0.15) is 37.0 Å². The van der Waals surface area contributed by atoms with E-state index < -0.39 is 0 Å². The highest BCUT2D eigenvalue weighted by molar-refractivity contribution is 6.31. The van der Waals surface area contributed by atoms with Crippen LogP contribution in [0.5, 0.6) is 0 Å². The number of hydrogen-bond acceptors (Lipinski definition) is 1. The number of rotatable bonds is 4. The standard InChI is InChI=1S/C12H15ClO/c1-3-9(2)7-12(14)10-5-4-6-11(13)8-10/h4-6,8-9H,3,7H2,1-2H3. The Kier molecular flexibility index (Phi) is 4.15. The third kappa shape index (κ3) is 3.15. The van der Waals surface area contributed by atoms with Gasteiger partial charge in [0.25, 0.3) is 0 Å². The first-order valence-corrected chi connectivity index (χ1v) is 5.30. The third-order valence-corrected chi connectivity index (χ3v) is 2.61. The summed E-state index contributed by atoms with van der Waals surface area (Å²) in [7, 11) is 0. The Labute approximate surface area is 90.1 Å². The molecule has 76 valence electrons. The van der Waals surface area contributed by atoms with Crippen molar-refractivity contribution in [3.8, 4) is 0 Å². The maximum Gasteiger partial charge on any atom is 0.163 e. The summed E-state index contributed by atoms with van der Waals surface area (Å²) in [4.78, 5) is 11.7. The fourth-order valence-electron chi connectivity index (χ4n) is 1.24. The van der Waals surface area contributed by atoms with E-state index in [9.17, 15) is 4.79 Å². The molecule has 0 fully saturated rings. The summed E-state index contributed by atoms with van der Waals surface area (Å²) in [6.07, 6.45) is 1.64. The van der Waals surface area contributed by atoms with Crippen LogP contribution in [0.3, 0.4) is 0 Å². The van der Waals surface area contributed by atoms with Crippen LogP contribution in [0.4, 0.5) is 0 Å². The molecule has 0 aliphatic rings. The fourth-order valence-corrected chi connectivity index (χ4v) is 1.43. The zero-order valence-electron chi connectivity index (χ0n) is 8.59. The second-order valence-corrected chi connectivity index (χ2v) is 4.09. The van der Waals surface area contributed by atoms with Crippen molar-refractivity contribution in [2.45, 2.75) is 26.7 Å². The van der Waals surface area contributed by atoms with Gasteiger partial charge in [0.2, 0.25) is 0 Å². The van der Waals surface area contributed by atoms with E-state index in [0.717, 1.165) is 12.0 Å². The van der Waals surface area contributed by atoms with E-state index in [2.05, 4.69) is 13.8 Å². The van der Waals surface area contributed by atoms with Crippen LogP contribution in [0.15, 0.2) is 24.3 Å². The van der Waals surface area contributed by atoms with E-state index in [0.29, 0.717) is 17.4 Å². The predicted molar refractivity (Wildman–Crippen MR) is 59.9 cm³/mol. The summed E-state index contributed by atoms with van der Waals surface area (Å²) >= 11 is 5.81. The molecule has 1 unspecified atom stereocenters. The van der Waals surface area contributed by atoms with Crippen molar-refractivity contribution in [3.63, 3.8) is 0 Å². The highest BCUT2D eigenvalue weighted by Crippen LogP contribution is 2.15. The molecule has 0 radical (unpaired) electrons. The van der Waals surface area contributed by atoms with Gasteiger partial charge >= 0.3 is 0 Å². The van der Waals surface area contributed by atoms with Crippen molar-refractivity contribution in [2.75, 3.05) is 0 Å². The minimum Gasteiger partial charge on any atom is -0.294 e. The van der Waals surface area contributed by atoms with Gasteiger partial charge in [0.05, 0.1) is 0 Å². The molecule has 0 saturated carbocycles. The minimum atomic E-state index is 0.182. The molecule has 0 heterocycles. The first-order chi connectivity index (χ1) is 6.63. The summed E-state index contributed by atoms with van der Waals surface area (Å²) < 4.78 is 0. The molecule has 0 saturated heterocycles. The monoisotopic (exact) mass is 210 g/mol. The molecule has 0 amide bonds. The SMILES string of the molecule is CCC(C)CC(=O)c1cccc(Cl)c1. The van der Waals surface area contributed by atoms with Gasteiger partial charge in [0.15, 0.2) is 5.78 Å². The number of Topliss-reactive ketones (excluding diaryl/α,β-unsaturated/α-hetero) is 1. The normalized spacial score (nSPS) is 12.5. The Morgan fingerprint density at radius 2 is 2.21 bits per heavy atom. The largest absolute Gasteiger partial charge is 0.294 e. The van der Waals surface area contributed by atoms with Crippen LogP contribution in [0.2, 0.25) is 5.02 Å². The topological polar surface area (TPSA) is 17.1 Å². The van der Waals surface area contributed by atoms with Gasteiger partial charge in [-0.05, 0) is 18.1 Å². The molecular weight excluding hydrogens is 196 g/mol. The zero-order chi connectivity index (χ0) is 10.6. The third-order valence-electron chi connectivity index (χ3n) is 2.38. The van der Waals surface area contributed by atoms with Crippen molar-refractivity contribution in [1.82, 2.24) is 0 Å². The van der Waals surface area contributed by atoms with Gasteiger partial charge in [0, 0.05) is 17.0 Å². The van der Waals surface area contributed by atoms with Crippen LogP contribution in [0.25, 0.3) is 0 Å². The Morgan fingerprint density at radius 3 is 2.79 bits per heavy atom. The number of carbonyl (C=O) groups is 1. The van der Waals surface area contributed by atoms with Gasteiger partial charge in [-0.1, -0.05) is 44.0 Å². The number of halogens is 1. The molecule has 0 aliphatic carbocycles. The molecule has 0 bridgehead atoms. The molecule has 0 aliphatic heterocycles. The second kappa shape index (κ2) is 5.16. The van der Waals surface area contributed by atoms with Crippen molar-refractivity contribution in [3.05, 3.63) is 34.9 Å². The van der Waals surface area contributed by atoms with Gasteiger partial charge < -0.3 is 0 Å². The van der Waals surface area contributed by atoms with Crippen LogP contribution < -0.4 is 0 Å². The average molecular weight is 211 g/mol. The summed E-state index contributed by atoms with van der Waals surface area (Å²) in [6, 6.07) is 7.14. The number of carbonyl (C=O) groups excluding carboxylic acids is 1. The van der Waals surface area contributed by atoms with E-state index in [1.165, 1.54) is 0 Å². The van der Waals surface area contributed by atoms with Gasteiger partial charge in [0.1, 0.15) is 0 Å². The summed E-state index contributed by atoms with van der Waals surface area (Å²) in [5.74, 6) is 0.628. The van der Waals surface area contributed by atoms with E-state index in [1.807, 2.05) is 12.1 Å². The van der Waals surface area contributed by atoms with E-state index in [1.54, 1.807) is 12.1 Å². The molecule has 0 aromatic heterocycles. The zero-order valence-corrected chi connectivity index (χ0v) is 9.34. The molecule has 0 N–H and O–H groups in total. The van der Waals surface area contributed by atoms with E-state index in [4.69, 9.17) is 11.6 Å². The minimum absolute atomic E-state index is 0.182. The van der Waals surface area contributed by atoms with E-state index in [-0.39, 0.29) is 5.78 Å². The van der Waals surface area contributed by atoms with Crippen LogP contribution in [-0.4, -0.2) is 5.78 Å². The van der Waals surface area contributed by atoms with Crippen molar-refractivity contribution >= 4 is 17.4 Å². The lowest BCUT2D eigenvalue weighted by Gasteiger charge is -2.06. The molecule has 1 atom stereocenters. The first kappa shape index (κ1) is 11.3. The lowest BCUT2D eigenvalue weighted by Crippen LogP contribution is -2.05. The van der Waals surface area contributed by atoms with Crippen LogP contribution in [-0.2, 0) is 0 Å². The highest BCUT2D eigenvalue weighted by atomic mass is 35.5. The maximum absolute atomic E-state index is 11.7. The van der Waals surface area contributed by atoms with Gasteiger partial charge in [-0.3, -0.25) is 4.79 Å². The molecule has 0 spiro atoms. The Hall–Kier alpha value is -0.820. The lowest BCUT2D eigenvalue weighted by atomic mass is 9.98. The number of hydrogen-bond donors (Lipinski definition) is 0. The van der Waals surface area contributed by atoms with Crippen LogP contribution in [0, 0.1) is 5.92 Å². The van der Waals surface area contributed by atoms with Gasteiger partial charge in [-0.15, -0.1) is 0 Å². The molecular formula is C12H15ClO. The smallest absolute Gasteiger partial charge is 0.163 e. The quantitative estimate of drug-likeness (QED) is 0.688. The van der Waals surface area contributed by atoms with Crippen molar-refractivity contribution in [1.29, 1.82) is 0 Å². The second-order valence-electron chi connectivity index (χ2n) is 3.65. The Bertz CT molecular complexity index is 320. The average Bonchev–Trinajstić information content (AvgIpc) is 2.17. The molecule has 1 aromatic carbocycles. The number of benzene rings is 1. The highest BCUT2D eigenvalue weighted by Gasteiger charge is 2.09. The molecule has 2 heteroatoms. The molecule has 1 rings (SSSR count). The van der Waals surface area contributed by atoms with E-state index >= 15 is 0 Å². The molecule has 14 heavy (non-hydrogen) atoms. The van der Waals surface area contributed by atoms with Crippen molar-refractivity contribution in [2.24, 2.45) is 5.92 Å². The van der Waals surface area contributed by atoms with Crippen molar-refractivity contribution < 1.29 is 4.79 Å². The Balaban J connectivity index is 2.70. The first-order valence-electron chi connectivity index (χ1n) is 4.92. The van der Waals surface area contributed by atoms with Gasteiger partial charge in [-0.2, -0.15) is 0 Å². The van der Waals surface area contributed by atoms with Crippen LogP contribution >= 0.6 is 11.6 Å². The maximum atomic E-state index is 11.7. The summed E-state index contributed by atoms with van der Waals surface area (Å²) in [5.41, 5.74) is 0.720. The summed E-state index contributed by atoms with van der Waals surface area (Å²) in [5, 5.41) is 0.625. The molecule has 1 aromatic rings. The fraction of sp³-hybridized carbons (Fsp3) is 0.417. The number of ketones is 1. The summed E-state index contributed by atoms with van der Waals surface area (Å²) in [6.45, 7) is 4.18. The van der Waals surface area contributed by atoms with Gasteiger partial charge in [-0.25, -0.2) is 0 Å².